The zero-order chi connectivity index (χ0) is 10.7. The van der Waals surface area contributed by atoms with Crippen LogP contribution in [0.5, 0.6) is 0 Å². The molecule has 3 heteroatoms. The maximum Gasteiger partial charge on any atom is 0.307 e. The van der Waals surface area contributed by atoms with E-state index >= 15 is 0 Å². The average molecular weight is 199 g/mol. The summed E-state index contributed by atoms with van der Waals surface area (Å²) in [6.45, 7) is 8.29. The van der Waals surface area contributed by atoms with Crippen LogP contribution in [-0.4, -0.2) is 35.1 Å². The van der Waals surface area contributed by atoms with Crippen molar-refractivity contribution in [3.8, 4) is 0 Å². The summed E-state index contributed by atoms with van der Waals surface area (Å²) in [5.74, 6) is -0.151. The molecule has 1 aliphatic rings. The van der Waals surface area contributed by atoms with Gasteiger partial charge in [-0.3, -0.25) is 9.69 Å². The maximum absolute atomic E-state index is 10.8. The van der Waals surface area contributed by atoms with Gasteiger partial charge in [0.25, 0.3) is 0 Å². The lowest BCUT2D eigenvalue weighted by atomic mass is 10.0. The van der Waals surface area contributed by atoms with E-state index in [-0.39, 0.29) is 5.92 Å². The second kappa shape index (κ2) is 4.78. The highest BCUT2D eigenvalue weighted by atomic mass is 16.4. The molecule has 1 heterocycles. The topological polar surface area (TPSA) is 40.5 Å². The molecule has 0 aromatic rings. The van der Waals surface area contributed by atoms with Crippen molar-refractivity contribution in [2.24, 2.45) is 11.8 Å². The van der Waals surface area contributed by atoms with Gasteiger partial charge in [-0.15, -0.1) is 0 Å². The van der Waals surface area contributed by atoms with Crippen LogP contribution in [0.1, 0.15) is 33.6 Å². The highest BCUT2D eigenvalue weighted by Crippen LogP contribution is 2.23. The van der Waals surface area contributed by atoms with Crippen molar-refractivity contribution in [2.45, 2.75) is 39.7 Å². The lowest BCUT2D eigenvalue weighted by Crippen LogP contribution is -2.37. The normalized spacial score (nSPS) is 25.6. The predicted molar refractivity (Wildman–Crippen MR) is 56.2 cm³/mol. The van der Waals surface area contributed by atoms with Gasteiger partial charge in [-0.2, -0.15) is 0 Å². The van der Waals surface area contributed by atoms with Crippen LogP contribution < -0.4 is 0 Å². The molecule has 0 spiro atoms. The molecule has 1 N–H and O–H groups in total. The van der Waals surface area contributed by atoms with E-state index in [4.69, 9.17) is 5.11 Å². The molecule has 14 heavy (non-hydrogen) atoms. The van der Waals surface area contributed by atoms with Crippen LogP contribution in [0.2, 0.25) is 0 Å². The van der Waals surface area contributed by atoms with Gasteiger partial charge >= 0.3 is 5.97 Å². The third-order valence-corrected chi connectivity index (χ3v) is 3.23. The van der Waals surface area contributed by atoms with E-state index in [2.05, 4.69) is 25.7 Å². The molecule has 1 rings (SSSR count). The van der Waals surface area contributed by atoms with Crippen molar-refractivity contribution in [1.29, 1.82) is 0 Å². The van der Waals surface area contributed by atoms with Crippen LogP contribution in [0, 0.1) is 11.8 Å². The molecule has 82 valence electrons. The highest BCUT2D eigenvalue weighted by Gasteiger charge is 2.32. The molecule has 3 nitrogen and oxygen atoms in total. The van der Waals surface area contributed by atoms with Gasteiger partial charge in [-0.25, -0.2) is 0 Å². The lowest BCUT2D eigenvalue weighted by Gasteiger charge is -2.29. The van der Waals surface area contributed by atoms with Gasteiger partial charge in [0.15, 0.2) is 0 Å². The summed E-state index contributed by atoms with van der Waals surface area (Å²) in [5, 5.41) is 8.90. The quantitative estimate of drug-likeness (QED) is 0.751. The molecule has 0 amide bonds. The molecule has 0 bridgehead atoms. The van der Waals surface area contributed by atoms with Crippen molar-refractivity contribution >= 4 is 5.97 Å². The molecule has 0 saturated carbocycles. The molecule has 1 fully saturated rings. The summed E-state index contributed by atoms with van der Waals surface area (Å²) < 4.78 is 0. The average Bonchev–Trinajstić information content (AvgIpc) is 2.53. The SMILES string of the molecule is CCC(C(C)C)N1CCC(C(=O)O)C1. The molecule has 2 unspecified atom stereocenters. The molecule has 0 radical (unpaired) electrons. The Labute approximate surface area is 86.1 Å². The van der Waals surface area contributed by atoms with Gasteiger partial charge < -0.3 is 5.11 Å². The second-order valence-corrected chi connectivity index (χ2v) is 4.54. The Hall–Kier alpha value is -0.570. The summed E-state index contributed by atoms with van der Waals surface area (Å²) in [7, 11) is 0. The van der Waals surface area contributed by atoms with Crippen LogP contribution >= 0.6 is 0 Å². The number of hydrogen-bond donors (Lipinski definition) is 1. The van der Waals surface area contributed by atoms with Crippen LogP contribution in [0.25, 0.3) is 0 Å². The summed E-state index contributed by atoms with van der Waals surface area (Å²) in [4.78, 5) is 13.1. The first-order valence-electron chi connectivity index (χ1n) is 5.53. The number of carboxylic acids is 1. The Morgan fingerprint density at radius 2 is 2.21 bits per heavy atom. The van der Waals surface area contributed by atoms with Gasteiger partial charge in [-0.05, 0) is 25.3 Å². The Balaban J connectivity index is 2.51. The Kier molecular flexibility index (Phi) is 3.93. The first kappa shape index (κ1) is 11.5. The predicted octanol–water partition coefficient (Wildman–Crippen LogP) is 1.83. The minimum Gasteiger partial charge on any atom is -0.481 e. The minimum atomic E-state index is -0.633. The first-order chi connectivity index (χ1) is 6.56. The van der Waals surface area contributed by atoms with E-state index in [0.717, 1.165) is 25.9 Å². The fourth-order valence-corrected chi connectivity index (χ4v) is 2.44. The van der Waals surface area contributed by atoms with Crippen molar-refractivity contribution in [3.63, 3.8) is 0 Å². The summed E-state index contributed by atoms with van der Waals surface area (Å²) in [6.07, 6.45) is 1.93. The largest absolute Gasteiger partial charge is 0.481 e. The van der Waals surface area contributed by atoms with E-state index in [1.165, 1.54) is 0 Å². The number of carbonyl (C=O) groups is 1. The molecule has 1 aliphatic heterocycles. The Bertz CT molecular complexity index is 203. The Morgan fingerprint density at radius 1 is 1.57 bits per heavy atom. The van der Waals surface area contributed by atoms with Crippen molar-refractivity contribution in [2.75, 3.05) is 13.1 Å². The number of likely N-dealkylation sites (tertiary alicyclic amines) is 1. The van der Waals surface area contributed by atoms with E-state index in [1.807, 2.05) is 0 Å². The summed E-state index contributed by atoms with van der Waals surface area (Å²) in [5.41, 5.74) is 0. The Morgan fingerprint density at radius 3 is 2.57 bits per heavy atom. The zero-order valence-corrected chi connectivity index (χ0v) is 9.36. The van der Waals surface area contributed by atoms with Gasteiger partial charge in [0, 0.05) is 12.6 Å². The lowest BCUT2D eigenvalue weighted by molar-refractivity contribution is -0.141. The monoisotopic (exact) mass is 199 g/mol. The summed E-state index contributed by atoms with van der Waals surface area (Å²) >= 11 is 0. The molecule has 1 saturated heterocycles. The third kappa shape index (κ3) is 2.47. The van der Waals surface area contributed by atoms with Crippen LogP contribution in [0.15, 0.2) is 0 Å². The number of rotatable bonds is 4. The van der Waals surface area contributed by atoms with E-state index in [0.29, 0.717) is 12.0 Å². The molecule has 0 aromatic heterocycles. The minimum absolute atomic E-state index is 0.136. The molecule has 0 aliphatic carbocycles. The van der Waals surface area contributed by atoms with Gasteiger partial charge in [-0.1, -0.05) is 20.8 Å². The molecular formula is C11H21NO2. The summed E-state index contributed by atoms with van der Waals surface area (Å²) in [6, 6.07) is 0.555. The van der Waals surface area contributed by atoms with Crippen LogP contribution in [0.3, 0.4) is 0 Å². The fraction of sp³-hybridized carbons (Fsp3) is 0.909. The highest BCUT2D eigenvalue weighted by molar-refractivity contribution is 5.70. The zero-order valence-electron chi connectivity index (χ0n) is 9.36. The standard InChI is InChI=1S/C11H21NO2/c1-4-10(8(2)3)12-6-5-9(7-12)11(13)14/h8-10H,4-7H2,1-3H3,(H,13,14). The number of hydrogen-bond acceptors (Lipinski definition) is 2. The van der Waals surface area contributed by atoms with Gasteiger partial charge in [0.05, 0.1) is 5.92 Å². The van der Waals surface area contributed by atoms with Crippen LogP contribution in [-0.2, 0) is 4.79 Å². The number of nitrogens with zero attached hydrogens (tertiary/aromatic N) is 1. The number of carboxylic acid groups (broad SMARTS) is 1. The fourth-order valence-electron chi connectivity index (χ4n) is 2.44. The third-order valence-electron chi connectivity index (χ3n) is 3.23. The first-order valence-corrected chi connectivity index (χ1v) is 5.53. The molecule has 0 aromatic carbocycles. The van der Waals surface area contributed by atoms with Crippen molar-refractivity contribution < 1.29 is 9.90 Å². The van der Waals surface area contributed by atoms with Crippen molar-refractivity contribution in [3.05, 3.63) is 0 Å². The van der Waals surface area contributed by atoms with Gasteiger partial charge in [0.2, 0.25) is 0 Å². The van der Waals surface area contributed by atoms with Crippen molar-refractivity contribution in [1.82, 2.24) is 4.90 Å². The smallest absolute Gasteiger partial charge is 0.307 e. The maximum atomic E-state index is 10.8. The van der Waals surface area contributed by atoms with Gasteiger partial charge in [0.1, 0.15) is 0 Å². The van der Waals surface area contributed by atoms with Crippen LogP contribution in [0.4, 0.5) is 0 Å². The van der Waals surface area contributed by atoms with E-state index in [1.54, 1.807) is 0 Å². The number of aliphatic carboxylic acids is 1. The molecule has 2 atom stereocenters. The molecular weight excluding hydrogens is 178 g/mol. The van der Waals surface area contributed by atoms with E-state index < -0.39 is 5.97 Å². The van der Waals surface area contributed by atoms with E-state index in [9.17, 15) is 4.79 Å². The second-order valence-electron chi connectivity index (χ2n) is 4.54.